The fraction of sp³-hybridized carbons (Fsp3) is 0.375. The van der Waals surface area contributed by atoms with Crippen molar-refractivity contribution in [3.05, 3.63) is 35.4 Å². The van der Waals surface area contributed by atoms with Crippen LogP contribution in [0, 0.1) is 0 Å². The molecule has 0 spiro atoms. The van der Waals surface area contributed by atoms with E-state index in [-0.39, 0.29) is 36.3 Å². The maximum atomic E-state index is 12.0. The molecule has 0 saturated heterocycles. The molecule has 3 amide bonds. The lowest BCUT2D eigenvalue weighted by Crippen LogP contribution is -2.32. The molecule has 0 unspecified atom stereocenters. The molecule has 7 heteroatoms. The van der Waals surface area contributed by atoms with Crippen LogP contribution in [0.5, 0.6) is 0 Å². The highest BCUT2D eigenvalue weighted by Gasteiger charge is 2.38. The van der Waals surface area contributed by atoms with Crippen molar-refractivity contribution in [3.63, 3.8) is 0 Å². The van der Waals surface area contributed by atoms with Crippen LogP contribution in [0.2, 0.25) is 0 Å². The minimum atomic E-state index is -0.720. The Labute approximate surface area is 133 Å². The van der Waals surface area contributed by atoms with E-state index >= 15 is 0 Å². The highest BCUT2D eigenvalue weighted by molar-refractivity contribution is 6.20. The smallest absolute Gasteiger partial charge is 0.333 e. The molecule has 0 atom stereocenters. The van der Waals surface area contributed by atoms with E-state index in [1.165, 1.54) is 12.1 Å². The van der Waals surface area contributed by atoms with Gasteiger partial charge in [0, 0.05) is 19.4 Å². The third kappa shape index (κ3) is 3.94. The first kappa shape index (κ1) is 16.7. The first-order valence-corrected chi connectivity index (χ1v) is 7.50. The summed E-state index contributed by atoms with van der Waals surface area (Å²) in [4.78, 5) is 52.0. The number of nitrogens with one attached hydrogen (secondary N) is 1. The van der Waals surface area contributed by atoms with Gasteiger partial charge >= 0.3 is 5.97 Å². The number of nitrogens with zero attached hydrogens (tertiary/aromatic N) is 1. The van der Waals surface area contributed by atoms with E-state index in [4.69, 9.17) is 4.84 Å². The molecular weight excluding hydrogens is 300 g/mol. The number of hydrogen-bond donors (Lipinski definition) is 1. The lowest BCUT2D eigenvalue weighted by atomic mass is 10.1. The Bertz CT molecular complexity index is 606. The Morgan fingerprint density at radius 2 is 1.70 bits per heavy atom. The molecule has 1 aromatic rings. The van der Waals surface area contributed by atoms with Gasteiger partial charge in [-0.1, -0.05) is 24.1 Å². The fourth-order valence-electron chi connectivity index (χ4n) is 2.14. The molecule has 0 saturated carbocycles. The summed E-state index contributed by atoms with van der Waals surface area (Å²) in [6.07, 6.45) is 1.27. The first-order valence-electron chi connectivity index (χ1n) is 7.50. The number of hydrogen-bond acceptors (Lipinski definition) is 5. The Morgan fingerprint density at radius 1 is 1.09 bits per heavy atom. The second-order valence-electron chi connectivity index (χ2n) is 5.12. The van der Waals surface area contributed by atoms with Gasteiger partial charge in [0.2, 0.25) is 5.91 Å². The second-order valence-corrected chi connectivity index (χ2v) is 5.12. The van der Waals surface area contributed by atoms with Gasteiger partial charge in [-0.25, -0.2) is 4.79 Å². The van der Waals surface area contributed by atoms with Crippen molar-refractivity contribution in [3.8, 4) is 0 Å². The zero-order valence-corrected chi connectivity index (χ0v) is 12.8. The van der Waals surface area contributed by atoms with Crippen molar-refractivity contribution in [2.24, 2.45) is 0 Å². The SMILES string of the molecule is CCCNC(=O)CCCC(=O)ON1C(=O)c2ccccc2C1=O. The summed E-state index contributed by atoms with van der Waals surface area (Å²) in [6, 6.07) is 6.26. The van der Waals surface area contributed by atoms with Gasteiger partial charge in [0.05, 0.1) is 11.1 Å². The van der Waals surface area contributed by atoms with E-state index in [2.05, 4.69) is 5.32 Å². The summed E-state index contributed by atoms with van der Waals surface area (Å²) in [5.74, 6) is -2.16. The summed E-state index contributed by atoms with van der Waals surface area (Å²) in [7, 11) is 0. The van der Waals surface area contributed by atoms with E-state index in [9.17, 15) is 19.2 Å². The normalized spacial score (nSPS) is 13.0. The molecule has 1 aliphatic heterocycles. The molecule has 0 radical (unpaired) electrons. The second kappa shape index (κ2) is 7.53. The van der Waals surface area contributed by atoms with Crippen molar-refractivity contribution >= 4 is 23.7 Å². The monoisotopic (exact) mass is 318 g/mol. The maximum Gasteiger partial charge on any atom is 0.333 e. The number of carbonyl (C=O) groups excluding carboxylic acids is 4. The predicted molar refractivity (Wildman–Crippen MR) is 80.2 cm³/mol. The zero-order valence-electron chi connectivity index (χ0n) is 12.8. The van der Waals surface area contributed by atoms with Gasteiger partial charge in [-0.3, -0.25) is 14.4 Å². The molecule has 122 valence electrons. The van der Waals surface area contributed by atoms with E-state index in [0.717, 1.165) is 6.42 Å². The van der Waals surface area contributed by atoms with Crippen LogP contribution in [0.3, 0.4) is 0 Å². The highest BCUT2D eigenvalue weighted by atomic mass is 16.7. The van der Waals surface area contributed by atoms with E-state index in [1.54, 1.807) is 12.1 Å². The van der Waals surface area contributed by atoms with Crippen LogP contribution < -0.4 is 5.32 Å². The van der Waals surface area contributed by atoms with E-state index < -0.39 is 17.8 Å². The summed E-state index contributed by atoms with van der Waals surface area (Å²) in [5, 5.41) is 3.17. The van der Waals surface area contributed by atoms with Crippen LogP contribution in [-0.4, -0.2) is 35.3 Å². The first-order chi connectivity index (χ1) is 11.0. The van der Waals surface area contributed by atoms with Crippen molar-refractivity contribution < 1.29 is 24.0 Å². The number of rotatable bonds is 7. The van der Waals surface area contributed by atoms with Crippen molar-refractivity contribution in [2.45, 2.75) is 32.6 Å². The largest absolute Gasteiger partial charge is 0.356 e. The molecule has 0 bridgehead atoms. The molecule has 1 aliphatic rings. The summed E-state index contributed by atoms with van der Waals surface area (Å²) >= 11 is 0. The van der Waals surface area contributed by atoms with Gasteiger partial charge in [0.1, 0.15) is 0 Å². The maximum absolute atomic E-state index is 12.0. The lowest BCUT2D eigenvalue weighted by molar-refractivity contribution is -0.168. The number of amides is 3. The molecule has 1 aromatic carbocycles. The quantitative estimate of drug-likeness (QED) is 0.768. The minimum absolute atomic E-state index is 0.0487. The van der Waals surface area contributed by atoms with E-state index in [1.807, 2.05) is 6.92 Å². The third-order valence-corrected chi connectivity index (χ3v) is 3.31. The molecule has 2 rings (SSSR count). The van der Waals surface area contributed by atoms with Gasteiger partial charge < -0.3 is 10.2 Å². The minimum Gasteiger partial charge on any atom is -0.356 e. The molecule has 0 fully saturated rings. The van der Waals surface area contributed by atoms with Gasteiger partial charge in [0.15, 0.2) is 0 Å². The van der Waals surface area contributed by atoms with Crippen LogP contribution in [-0.2, 0) is 14.4 Å². The Morgan fingerprint density at radius 3 is 2.26 bits per heavy atom. The molecule has 0 aromatic heterocycles. The molecule has 7 nitrogen and oxygen atoms in total. The third-order valence-electron chi connectivity index (χ3n) is 3.31. The molecule has 0 aliphatic carbocycles. The van der Waals surface area contributed by atoms with Gasteiger partial charge in [-0.05, 0) is 25.0 Å². The number of hydroxylamine groups is 2. The highest BCUT2D eigenvalue weighted by Crippen LogP contribution is 2.22. The lowest BCUT2D eigenvalue weighted by Gasteiger charge is -2.12. The summed E-state index contributed by atoms with van der Waals surface area (Å²) in [6.45, 7) is 2.54. The Balaban J connectivity index is 1.82. The summed E-state index contributed by atoms with van der Waals surface area (Å²) < 4.78 is 0. The molecule has 1 N–H and O–H groups in total. The Kier molecular flexibility index (Phi) is 5.46. The molecule has 1 heterocycles. The van der Waals surface area contributed by atoms with Crippen molar-refractivity contribution in [1.29, 1.82) is 0 Å². The number of benzene rings is 1. The number of imide groups is 1. The van der Waals surface area contributed by atoms with Gasteiger partial charge in [-0.2, -0.15) is 0 Å². The Hall–Kier alpha value is -2.70. The van der Waals surface area contributed by atoms with Crippen molar-refractivity contribution in [1.82, 2.24) is 10.4 Å². The van der Waals surface area contributed by atoms with Crippen LogP contribution in [0.1, 0.15) is 53.3 Å². The average Bonchev–Trinajstić information content (AvgIpc) is 2.78. The predicted octanol–water partition coefficient (Wildman–Crippen LogP) is 1.44. The molecule has 23 heavy (non-hydrogen) atoms. The van der Waals surface area contributed by atoms with Crippen LogP contribution in [0.4, 0.5) is 0 Å². The van der Waals surface area contributed by atoms with Crippen LogP contribution in [0.25, 0.3) is 0 Å². The fourth-order valence-corrected chi connectivity index (χ4v) is 2.14. The van der Waals surface area contributed by atoms with Crippen molar-refractivity contribution in [2.75, 3.05) is 6.54 Å². The number of fused-ring (bicyclic) bond motifs is 1. The van der Waals surface area contributed by atoms with Crippen LogP contribution in [0.15, 0.2) is 24.3 Å². The topological polar surface area (TPSA) is 92.8 Å². The van der Waals surface area contributed by atoms with Crippen LogP contribution >= 0.6 is 0 Å². The summed E-state index contributed by atoms with van der Waals surface area (Å²) in [5.41, 5.74) is 0.425. The average molecular weight is 318 g/mol. The zero-order chi connectivity index (χ0) is 16.8. The standard InChI is InChI=1S/C16H18N2O5/c1-2-10-17-13(19)8-5-9-14(20)23-18-15(21)11-6-3-4-7-12(11)16(18)22/h3-4,6-7H,2,5,8-10H2,1H3,(H,17,19). The molecular formula is C16H18N2O5. The van der Waals surface area contributed by atoms with Gasteiger partial charge in [0.25, 0.3) is 11.8 Å². The van der Waals surface area contributed by atoms with Gasteiger partial charge in [-0.15, -0.1) is 0 Å². The van der Waals surface area contributed by atoms with E-state index in [0.29, 0.717) is 11.6 Å². The number of carbonyl (C=O) groups is 4.